The number of amides is 1. The Hall–Kier alpha value is -2.47. The monoisotopic (exact) mass is 354 g/mol. The van der Waals surface area contributed by atoms with E-state index in [0.29, 0.717) is 24.6 Å². The fourth-order valence-electron chi connectivity index (χ4n) is 3.25. The van der Waals surface area contributed by atoms with Gasteiger partial charge in [0.15, 0.2) is 11.5 Å². The number of nitrogens with one attached hydrogen (secondary N) is 1. The first-order valence-corrected chi connectivity index (χ1v) is 9.21. The molecule has 1 fully saturated rings. The summed E-state index contributed by atoms with van der Waals surface area (Å²) < 4.78 is 0. The third-order valence-electron chi connectivity index (χ3n) is 4.76. The number of aryl methyl sites for hydroxylation is 1. The van der Waals surface area contributed by atoms with Crippen molar-refractivity contribution in [1.29, 1.82) is 0 Å². The van der Waals surface area contributed by atoms with Crippen molar-refractivity contribution in [2.24, 2.45) is 0 Å². The Labute approximate surface area is 154 Å². The third-order valence-corrected chi connectivity index (χ3v) is 4.76. The number of rotatable bonds is 7. The quantitative estimate of drug-likeness (QED) is 0.798. The zero-order valence-corrected chi connectivity index (χ0v) is 15.2. The Bertz CT molecular complexity index is 710. The highest BCUT2D eigenvalue weighted by atomic mass is 16.3. The molecule has 1 aliphatic rings. The number of benzene rings is 1. The second-order valence-corrected chi connectivity index (χ2v) is 6.86. The Balaban J connectivity index is 1.67. The molecule has 0 saturated heterocycles. The summed E-state index contributed by atoms with van der Waals surface area (Å²) in [5, 5.41) is 20.7. The zero-order valence-electron chi connectivity index (χ0n) is 15.2. The van der Waals surface area contributed by atoms with Crippen LogP contribution in [0, 0.1) is 6.92 Å². The maximum absolute atomic E-state index is 12.3. The predicted octanol–water partition coefficient (Wildman–Crippen LogP) is 2.46. The zero-order chi connectivity index (χ0) is 18.4. The van der Waals surface area contributed by atoms with E-state index < -0.39 is 0 Å². The van der Waals surface area contributed by atoms with Gasteiger partial charge in [-0.25, -0.2) is 0 Å². The summed E-state index contributed by atoms with van der Waals surface area (Å²) >= 11 is 0. The first-order valence-electron chi connectivity index (χ1n) is 9.21. The highest BCUT2D eigenvalue weighted by molar-refractivity contribution is 5.92. The van der Waals surface area contributed by atoms with Crippen molar-refractivity contribution < 1.29 is 9.90 Å². The fraction of sp³-hybridized carbons (Fsp3) is 0.450. The summed E-state index contributed by atoms with van der Waals surface area (Å²) in [6.45, 7) is 3.16. The molecule has 2 N–H and O–H groups in total. The van der Waals surface area contributed by atoms with Crippen LogP contribution in [0.3, 0.4) is 0 Å². The van der Waals surface area contributed by atoms with E-state index in [1.807, 2.05) is 4.90 Å². The molecule has 1 amide bonds. The van der Waals surface area contributed by atoms with Crippen LogP contribution in [0.15, 0.2) is 36.4 Å². The summed E-state index contributed by atoms with van der Waals surface area (Å²) in [5.41, 5.74) is 2.67. The van der Waals surface area contributed by atoms with Gasteiger partial charge in [0, 0.05) is 19.1 Å². The first kappa shape index (κ1) is 18.3. The summed E-state index contributed by atoms with van der Waals surface area (Å²) in [5.74, 6) is 0.486. The van der Waals surface area contributed by atoms with Gasteiger partial charge in [0.2, 0.25) is 0 Å². The van der Waals surface area contributed by atoms with Crippen molar-refractivity contribution in [3.05, 3.63) is 53.2 Å². The molecule has 138 valence electrons. The van der Waals surface area contributed by atoms with Crippen LogP contribution in [0.5, 0.6) is 0 Å². The molecule has 1 aromatic carbocycles. The largest absolute Gasteiger partial charge is 0.395 e. The van der Waals surface area contributed by atoms with Crippen molar-refractivity contribution >= 4 is 11.7 Å². The topological polar surface area (TPSA) is 78.4 Å². The van der Waals surface area contributed by atoms with Crippen molar-refractivity contribution in [3.8, 4) is 0 Å². The van der Waals surface area contributed by atoms with Crippen molar-refractivity contribution in [3.63, 3.8) is 0 Å². The predicted molar refractivity (Wildman–Crippen MR) is 101 cm³/mol. The molecular weight excluding hydrogens is 328 g/mol. The van der Waals surface area contributed by atoms with Crippen LogP contribution in [0.25, 0.3) is 0 Å². The number of aliphatic hydroxyl groups is 1. The van der Waals surface area contributed by atoms with Gasteiger partial charge in [0.1, 0.15) is 0 Å². The van der Waals surface area contributed by atoms with E-state index in [9.17, 15) is 9.90 Å². The summed E-state index contributed by atoms with van der Waals surface area (Å²) in [4.78, 5) is 14.2. The SMILES string of the molecule is Cc1ccc(CN(CCO)c2ccc(C(=O)NC3CCCC3)nn2)cc1. The Morgan fingerprint density at radius 1 is 1.15 bits per heavy atom. The number of aliphatic hydroxyl groups excluding tert-OH is 1. The molecular formula is C20H26N4O2. The highest BCUT2D eigenvalue weighted by Crippen LogP contribution is 2.18. The van der Waals surface area contributed by atoms with Crippen molar-refractivity contribution in [2.75, 3.05) is 18.1 Å². The van der Waals surface area contributed by atoms with Gasteiger partial charge < -0.3 is 15.3 Å². The molecule has 0 bridgehead atoms. The van der Waals surface area contributed by atoms with E-state index >= 15 is 0 Å². The van der Waals surface area contributed by atoms with E-state index in [-0.39, 0.29) is 18.6 Å². The minimum atomic E-state index is -0.164. The Morgan fingerprint density at radius 2 is 1.88 bits per heavy atom. The molecule has 6 heteroatoms. The van der Waals surface area contributed by atoms with Crippen molar-refractivity contribution in [2.45, 2.75) is 45.2 Å². The second-order valence-electron chi connectivity index (χ2n) is 6.86. The van der Waals surface area contributed by atoms with Gasteiger partial charge in [-0.05, 0) is 37.5 Å². The van der Waals surface area contributed by atoms with Gasteiger partial charge in [0.25, 0.3) is 5.91 Å². The lowest BCUT2D eigenvalue weighted by Gasteiger charge is -2.22. The second kappa shape index (κ2) is 8.76. The minimum absolute atomic E-state index is 0.0253. The van der Waals surface area contributed by atoms with Gasteiger partial charge in [-0.15, -0.1) is 10.2 Å². The molecule has 3 rings (SSSR count). The van der Waals surface area contributed by atoms with Gasteiger partial charge in [-0.3, -0.25) is 4.79 Å². The van der Waals surface area contributed by atoms with E-state index in [4.69, 9.17) is 0 Å². The molecule has 0 radical (unpaired) electrons. The van der Waals surface area contributed by atoms with Gasteiger partial charge >= 0.3 is 0 Å². The first-order chi connectivity index (χ1) is 12.7. The average molecular weight is 354 g/mol. The molecule has 0 atom stereocenters. The lowest BCUT2D eigenvalue weighted by Crippen LogP contribution is -2.33. The molecule has 1 aromatic heterocycles. The number of carbonyl (C=O) groups excluding carboxylic acids is 1. The summed E-state index contributed by atoms with van der Waals surface area (Å²) in [6.07, 6.45) is 4.42. The van der Waals surface area contributed by atoms with E-state index in [2.05, 4.69) is 46.7 Å². The number of anilines is 1. The molecule has 1 aliphatic carbocycles. The number of aromatic nitrogens is 2. The van der Waals surface area contributed by atoms with Crippen LogP contribution in [0.2, 0.25) is 0 Å². The van der Waals surface area contributed by atoms with Crippen LogP contribution in [0.1, 0.15) is 47.3 Å². The smallest absolute Gasteiger partial charge is 0.272 e. The van der Waals surface area contributed by atoms with Gasteiger partial charge in [-0.1, -0.05) is 42.7 Å². The molecule has 0 spiro atoms. The van der Waals surface area contributed by atoms with Crippen LogP contribution >= 0.6 is 0 Å². The normalized spacial score (nSPS) is 14.4. The number of hydrogen-bond donors (Lipinski definition) is 2. The van der Waals surface area contributed by atoms with Crippen LogP contribution in [0.4, 0.5) is 5.82 Å². The van der Waals surface area contributed by atoms with Crippen LogP contribution in [-0.2, 0) is 6.54 Å². The van der Waals surface area contributed by atoms with Gasteiger partial charge in [-0.2, -0.15) is 0 Å². The lowest BCUT2D eigenvalue weighted by molar-refractivity contribution is 0.0932. The van der Waals surface area contributed by atoms with Crippen molar-refractivity contribution in [1.82, 2.24) is 15.5 Å². The summed E-state index contributed by atoms with van der Waals surface area (Å²) in [6, 6.07) is 12.0. The summed E-state index contributed by atoms with van der Waals surface area (Å²) in [7, 11) is 0. The van der Waals surface area contributed by atoms with E-state index in [1.165, 1.54) is 18.4 Å². The van der Waals surface area contributed by atoms with Crippen LogP contribution in [-0.4, -0.2) is 40.4 Å². The third kappa shape index (κ3) is 4.79. The molecule has 6 nitrogen and oxygen atoms in total. The Kier molecular flexibility index (Phi) is 6.17. The Morgan fingerprint density at radius 3 is 2.50 bits per heavy atom. The highest BCUT2D eigenvalue weighted by Gasteiger charge is 2.19. The average Bonchev–Trinajstić information content (AvgIpc) is 3.16. The van der Waals surface area contributed by atoms with E-state index in [0.717, 1.165) is 18.4 Å². The van der Waals surface area contributed by atoms with Crippen LogP contribution < -0.4 is 10.2 Å². The molecule has 0 aliphatic heterocycles. The lowest BCUT2D eigenvalue weighted by atomic mass is 10.1. The molecule has 26 heavy (non-hydrogen) atoms. The minimum Gasteiger partial charge on any atom is -0.395 e. The van der Waals surface area contributed by atoms with Gasteiger partial charge in [0.05, 0.1) is 6.61 Å². The maximum atomic E-state index is 12.3. The number of hydrogen-bond acceptors (Lipinski definition) is 5. The molecule has 1 saturated carbocycles. The molecule has 2 aromatic rings. The molecule has 0 unspecified atom stereocenters. The maximum Gasteiger partial charge on any atom is 0.272 e. The fourth-order valence-corrected chi connectivity index (χ4v) is 3.25. The van der Waals surface area contributed by atoms with E-state index in [1.54, 1.807) is 12.1 Å². The molecule has 1 heterocycles. The standard InChI is InChI=1S/C20H26N4O2/c1-15-6-8-16(9-7-15)14-24(12-13-25)19-11-10-18(22-23-19)20(26)21-17-4-2-3-5-17/h6-11,17,25H,2-5,12-14H2,1H3,(H,21,26). The number of nitrogens with zero attached hydrogens (tertiary/aromatic N) is 3. The number of carbonyl (C=O) groups is 1.